The van der Waals surface area contributed by atoms with E-state index in [1.54, 1.807) is 24.8 Å². The lowest BCUT2D eigenvalue weighted by molar-refractivity contribution is 0.0931. The Kier molecular flexibility index (Phi) is 4.30. The van der Waals surface area contributed by atoms with Gasteiger partial charge in [0.05, 0.1) is 12.0 Å². The Labute approximate surface area is 141 Å². The SMILES string of the molecule is O=C(NC1CCN(C2CCCC2)C1)c1cc(-n2ccnc2)ccn1. The van der Waals surface area contributed by atoms with Gasteiger partial charge in [-0.2, -0.15) is 0 Å². The first-order valence-electron chi connectivity index (χ1n) is 8.79. The van der Waals surface area contributed by atoms with Crippen molar-refractivity contribution in [2.24, 2.45) is 0 Å². The van der Waals surface area contributed by atoms with Crippen LogP contribution in [0, 0.1) is 0 Å². The van der Waals surface area contributed by atoms with E-state index in [-0.39, 0.29) is 11.9 Å². The minimum absolute atomic E-state index is 0.0877. The number of nitrogens with zero attached hydrogens (tertiary/aromatic N) is 4. The topological polar surface area (TPSA) is 63.1 Å². The standard InChI is InChI=1S/C18H23N5O/c24-18(17-11-16(5-7-20-17)23-10-8-19-13-23)21-14-6-9-22(12-14)15-3-1-2-4-15/h5,7-8,10-11,13-15H,1-4,6,9,12H2,(H,21,24). The first kappa shape index (κ1) is 15.3. The number of hydrogen-bond acceptors (Lipinski definition) is 4. The second-order valence-corrected chi connectivity index (χ2v) is 6.76. The van der Waals surface area contributed by atoms with Crippen LogP contribution in [-0.4, -0.2) is 50.5 Å². The highest BCUT2D eigenvalue weighted by atomic mass is 16.1. The van der Waals surface area contributed by atoms with Crippen molar-refractivity contribution in [2.45, 2.75) is 44.2 Å². The Bertz CT molecular complexity index is 693. The number of likely N-dealkylation sites (tertiary alicyclic amines) is 1. The lowest BCUT2D eigenvalue weighted by atomic mass is 10.2. The van der Waals surface area contributed by atoms with E-state index >= 15 is 0 Å². The molecule has 1 saturated carbocycles. The zero-order valence-corrected chi connectivity index (χ0v) is 13.8. The molecule has 2 aromatic heterocycles. The monoisotopic (exact) mass is 325 g/mol. The lowest BCUT2D eigenvalue weighted by Gasteiger charge is -2.23. The molecule has 0 radical (unpaired) electrons. The Balaban J connectivity index is 1.39. The van der Waals surface area contributed by atoms with Crippen LogP contribution in [-0.2, 0) is 0 Å². The fourth-order valence-corrected chi connectivity index (χ4v) is 3.88. The van der Waals surface area contributed by atoms with Gasteiger partial charge in [0.2, 0.25) is 0 Å². The third-order valence-corrected chi connectivity index (χ3v) is 5.17. The molecule has 4 rings (SSSR count). The normalized spacial score (nSPS) is 22.1. The van der Waals surface area contributed by atoms with Crippen molar-refractivity contribution >= 4 is 5.91 Å². The highest BCUT2D eigenvalue weighted by Gasteiger charge is 2.30. The number of aromatic nitrogens is 3. The van der Waals surface area contributed by atoms with E-state index < -0.39 is 0 Å². The number of rotatable bonds is 4. The molecule has 1 aliphatic heterocycles. The number of carbonyl (C=O) groups excluding carboxylic acids is 1. The molecule has 1 N–H and O–H groups in total. The van der Waals surface area contributed by atoms with Crippen LogP contribution in [0.1, 0.15) is 42.6 Å². The molecule has 2 aliphatic rings. The number of carbonyl (C=O) groups is 1. The van der Waals surface area contributed by atoms with Crippen molar-refractivity contribution < 1.29 is 4.79 Å². The van der Waals surface area contributed by atoms with Crippen LogP contribution in [0.3, 0.4) is 0 Å². The van der Waals surface area contributed by atoms with Gasteiger partial charge in [-0.15, -0.1) is 0 Å². The van der Waals surface area contributed by atoms with Crippen LogP contribution in [0.2, 0.25) is 0 Å². The van der Waals surface area contributed by atoms with Crippen molar-refractivity contribution in [3.8, 4) is 5.69 Å². The highest BCUT2D eigenvalue weighted by Crippen LogP contribution is 2.26. The van der Waals surface area contributed by atoms with Crippen molar-refractivity contribution in [2.75, 3.05) is 13.1 Å². The maximum atomic E-state index is 12.5. The van der Waals surface area contributed by atoms with Crippen LogP contribution in [0.4, 0.5) is 0 Å². The molecule has 0 bridgehead atoms. The van der Waals surface area contributed by atoms with E-state index in [9.17, 15) is 4.79 Å². The summed E-state index contributed by atoms with van der Waals surface area (Å²) in [5.74, 6) is -0.0877. The van der Waals surface area contributed by atoms with E-state index in [1.165, 1.54) is 25.7 Å². The average Bonchev–Trinajstić information content (AvgIpc) is 3.36. The summed E-state index contributed by atoms with van der Waals surface area (Å²) in [6.07, 6.45) is 13.3. The van der Waals surface area contributed by atoms with Gasteiger partial charge < -0.3 is 9.88 Å². The molecule has 1 aliphatic carbocycles. The van der Waals surface area contributed by atoms with Gasteiger partial charge >= 0.3 is 0 Å². The van der Waals surface area contributed by atoms with E-state index in [2.05, 4.69) is 20.2 Å². The number of hydrogen-bond donors (Lipinski definition) is 1. The summed E-state index contributed by atoms with van der Waals surface area (Å²) in [5, 5.41) is 3.15. The summed E-state index contributed by atoms with van der Waals surface area (Å²) in [4.78, 5) is 23.3. The van der Waals surface area contributed by atoms with Crippen LogP contribution in [0.15, 0.2) is 37.1 Å². The van der Waals surface area contributed by atoms with E-state index in [4.69, 9.17) is 0 Å². The van der Waals surface area contributed by atoms with E-state index in [1.807, 2.05) is 16.8 Å². The predicted molar refractivity (Wildman–Crippen MR) is 91.1 cm³/mol. The molecular weight excluding hydrogens is 302 g/mol. The van der Waals surface area contributed by atoms with Gasteiger partial charge in [-0.05, 0) is 31.4 Å². The maximum Gasteiger partial charge on any atom is 0.270 e. The Morgan fingerprint density at radius 2 is 2.08 bits per heavy atom. The van der Waals surface area contributed by atoms with Gasteiger partial charge in [-0.3, -0.25) is 14.7 Å². The number of amides is 1. The minimum atomic E-state index is -0.0877. The van der Waals surface area contributed by atoms with E-state index in [0.717, 1.165) is 31.2 Å². The molecule has 1 amide bonds. The number of nitrogens with one attached hydrogen (secondary N) is 1. The van der Waals surface area contributed by atoms with Gasteiger partial charge in [-0.1, -0.05) is 12.8 Å². The molecule has 1 unspecified atom stereocenters. The van der Waals surface area contributed by atoms with Crippen molar-refractivity contribution in [3.63, 3.8) is 0 Å². The van der Waals surface area contributed by atoms with Gasteiger partial charge in [0.25, 0.3) is 5.91 Å². The minimum Gasteiger partial charge on any atom is -0.347 e. The summed E-state index contributed by atoms with van der Waals surface area (Å²) in [6, 6.07) is 4.64. The van der Waals surface area contributed by atoms with Crippen LogP contribution >= 0.6 is 0 Å². The summed E-state index contributed by atoms with van der Waals surface area (Å²) in [6.45, 7) is 2.07. The molecule has 3 heterocycles. The first-order valence-corrected chi connectivity index (χ1v) is 8.79. The van der Waals surface area contributed by atoms with Crippen molar-refractivity contribution in [1.29, 1.82) is 0 Å². The van der Waals surface area contributed by atoms with Crippen molar-refractivity contribution in [1.82, 2.24) is 24.8 Å². The molecule has 1 atom stereocenters. The van der Waals surface area contributed by atoms with Gasteiger partial charge in [0, 0.05) is 43.8 Å². The quantitative estimate of drug-likeness (QED) is 0.934. The highest BCUT2D eigenvalue weighted by molar-refractivity contribution is 5.93. The largest absolute Gasteiger partial charge is 0.347 e. The molecule has 6 heteroatoms. The molecule has 126 valence electrons. The second kappa shape index (κ2) is 6.73. The maximum absolute atomic E-state index is 12.5. The Hall–Kier alpha value is -2.21. The fraction of sp³-hybridized carbons (Fsp3) is 0.500. The molecule has 0 aromatic carbocycles. The third kappa shape index (κ3) is 3.19. The van der Waals surface area contributed by atoms with Gasteiger partial charge in [0.15, 0.2) is 0 Å². The third-order valence-electron chi connectivity index (χ3n) is 5.17. The molecule has 2 fully saturated rings. The number of pyridine rings is 1. The fourth-order valence-electron chi connectivity index (χ4n) is 3.88. The molecular formula is C18H23N5O. The molecule has 2 aromatic rings. The first-order chi connectivity index (χ1) is 11.8. The summed E-state index contributed by atoms with van der Waals surface area (Å²) < 4.78 is 1.87. The van der Waals surface area contributed by atoms with Crippen LogP contribution < -0.4 is 5.32 Å². The Morgan fingerprint density at radius 1 is 1.21 bits per heavy atom. The van der Waals surface area contributed by atoms with Gasteiger partial charge in [0.1, 0.15) is 5.69 Å². The van der Waals surface area contributed by atoms with Gasteiger partial charge in [-0.25, -0.2) is 4.98 Å². The predicted octanol–water partition coefficient (Wildman–Crippen LogP) is 2.01. The summed E-state index contributed by atoms with van der Waals surface area (Å²) in [5.41, 5.74) is 1.35. The molecule has 24 heavy (non-hydrogen) atoms. The summed E-state index contributed by atoms with van der Waals surface area (Å²) in [7, 11) is 0. The molecule has 6 nitrogen and oxygen atoms in total. The van der Waals surface area contributed by atoms with Crippen LogP contribution in [0.25, 0.3) is 5.69 Å². The van der Waals surface area contributed by atoms with Crippen molar-refractivity contribution in [3.05, 3.63) is 42.7 Å². The zero-order chi connectivity index (χ0) is 16.4. The molecule has 1 saturated heterocycles. The Morgan fingerprint density at radius 3 is 2.88 bits per heavy atom. The zero-order valence-electron chi connectivity index (χ0n) is 13.8. The average molecular weight is 325 g/mol. The summed E-state index contributed by atoms with van der Waals surface area (Å²) >= 11 is 0. The molecule has 0 spiro atoms. The number of imidazole rings is 1. The van der Waals surface area contributed by atoms with E-state index in [0.29, 0.717) is 5.69 Å². The lowest BCUT2D eigenvalue weighted by Crippen LogP contribution is -2.39. The smallest absolute Gasteiger partial charge is 0.270 e. The van der Waals surface area contributed by atoms with Crippen LogP contribution in [0.5, 0.6) is 0 Å². The second-order valence-electron chi connectivity index (χ2n) is 6.76.